The maximum Gasteiger partial charge on any atom is 0.145 e. The van der Waals surface area contributed by atoms with Crippen molar-refractivity contribution in [3.05, 3.63) is 54.5 Å². The summed E-state index contributed by atoms with van der Waals surface area (Å²) in [5.41, 5.74) is 1.87. The molecular weight excluding hydrogens is 408 g/mol. The molecule has 1 aromatic heterocycles. The lowest BCUT2D eigenvalue weighted by atomic mass is 10.0. The smallest absolute Gasteiger partial charge is 0.145 e. The van der Waals surface area contributed by atoms with Gasteiger partial charge in [0.2, 0.25) is 0 Å². The summed E-state index contributed by atoms with van der Waals surface area (Å²) in [4.78, 5) is 0. The van der Waals surface area contributed by atoms with Crippen molar-refractivity contribution in [3.8, 4) is 0 Å². The van der Waals surface area contributed by atoms with Crippen molar-refractivity contribution in [2.45, 2.75) is 25.8 Å². The maximum atomic E-state index is 14.0. The highest BCUT2D eigenvalue weighted by Crippen LogP contribution is 2.27. The molecule has 0 radical (unpaired) electrons. The molecule has 0 saturated heterocycles. The number of thiophene rings is 1. The Morgan fingerprint density at radius 3 is 2.90 bits per heavy atom. The molecule has 5 heteroatoms. The number of rotatable bonds is 6. The highest BCUT2D eigenvalue weighted by molar-refractivity contribution is 14.1. The first-order valence-electron chi connectivity index (χ1n) is 6.52. The molecule has 2 aromatic rings. The Morgan fingerprint density at radius 2 is 2.25 bits per heavy atom. The van der Waals surface area contributed by atoms with Gasteiger partial charge < -0.3 is 5.32 Å². The lowest BCUT2D eigenvalue weighted by molar-refractivity contribution is 0.514. The minimum Gasteiger partial charge on any atom is -0.310 e. The van der Waals surface area contributed by atoms with Crippen LogP contribution in [0.25, 0.3) is 0 Å². The van der Waals surface area contributed by atoms with E-state index in [9.17, 15) is 4.39 Å². The Balaban J connectivity index is 2.21. The molecular formula is C15H16ClFINS. The van der Waals surface area contributed by atoms with Crippen LogP contribution >= 0.6 is 45.5 Å². The van der Waals surface area contributed by atoms with Crippen LogP contribution in [0.4, 0.5) is 4.39 Å². The lowest BCUT2D eigenvalue weighted by Crippen LogP contribution is -2.24. The summed E-state index contributed by atoms with van der Waals surface area (Å²) in [5.74, 6) is -0.303. The van der Waals surface area contributed by atoms with Crippen molar-refractivity contribution in [3.63, 3.8) is 0 Å². The molecule has 0 fully saturated rings. The Bertz CT molecular complexity index is 573. The molecule has 0 bridgehead atoms. The van der Waals surface area contributed by atoms with Gasteiger partial charge in [-0.2, -0.15) is 0 Å². The quantitative estimate of drug-likeness (QED) is 0.611. The Morgan fingerprint density at radius 1 is 1.45 bits per heavy atom. The number of hydrogen-bond donors (Lipinski definition) is 1. The SMILES string of the molecule is CCCNC(Cc1cccc(Cl)c1F)c1csc(I)c1. The third-order valence-electron chi connectivity index (χ3n) is 3.09. The summed E-state index contributed by atoms with van der Waals surface area (Å²) in [6.45, 7) is 3.04. The zero-order valence-electron chi connectivity index (χ0n) is 11.1. The van der Waals surface area contributed by atoms with E-state index in [1.165, 1.54) is 8.45 Å². The maximum absolute atomic E-state index is 14.0. The van der Waals surface area contributed by atoms with Crippen molar-refractivity contribution in [2.75, 3.05) is 6.54 Å². The molecule has 1 aromatic carbocycles. The fourth-order valence-electron chi connectivity index (χ4n) is 2.06. The van der Waals surface area contributed by atoms with Gasteiger partial charge in [-0.3, -0.25) is 0 Å². The summed E-state index contributed by atoms with van der Waals surface area (Å²) in [5, 5.41) is 5.82. The van der Waals surface area contributed by atoms with E-state index >= 15 is 0 Å². The second-order valence-electron chi connectivity index (χ2n) is 4.61. The zero-order chi connectivity index (χ0) is 14.5. The van der Waals surface area contributed by atoms with Gasteiger partial charge in [-0.15, -0.1) is 11.3 Å². The number of nitrogens with one attached hydrogen (secondary N) is 1. The van der Waals surface area contributed by atoms with E-state index in [0.29, 0.717) is 12.0 Å². The summed E-state index contributed by atoms with van der Waals surface area (Å²) < 4.78 is 15.3. The molecule has 1 heterocycles. The lowest BCUT2D eigenvalue weighted by Gasteiger charge is -2.18. The Hall–Kier alpha value is -0.170. The van der Waals surface area contributed by atoms with Crippen molar-refractivity contribution >= 4 is 45.5 Å². The molecule has 20 heavy (non-hydrogen) atoms. The third-order valence-corrected chi connectivity index (χ3v) is 5.19. The van der Waals surface area contributed by atoms with Crippen LogP contribution in [0.5, 0.6) is 0 Å². The summed E-state index contributed by atoms with van der Waals surface area (Å²) in [6.07, 6.45) is 1.66. The molecule has 0 aliphatic heterocycles. The van der Waals surface area contributed by atoms with Gasteiger partial charge in [-0.05, 0) is 70.6 Å². The van der Waals surface area contributed by atoms with E-state index in [0.717, 1.165) is 13.0 Å². The van der Waals surface area contributed by atoms with E-state index in [1.54, 1.807) is 29.5 Å². The van der Waals surface area contributed by atoms with E-state index < -0.39 is 0 Å². The first-order valence-corrected chi connectivity index (χ1v) is 8.85. The highest BCUT2D eigenvalue weighted by Gasteiger charge is 2.16. The van der Waals surface area contributed by atoms with Crippen molar-refractivity contribution in [1.82, 2.24) is 5.32 Å². The van der Waals surface area contributed by atoms with Crippen LogP contribution < -0.4 is 5.32 Å². The van der Waals surface area contributed by atoms with Gasteiger partial charge in [0, 0.05) is 6.04 Å². The molecule has 0 aliphatic carbocycles. The average Bonchev–Trinajstić information content (AvgIpc) is 2.86. The topological polar surface area (TPSA) is 12.0 Å². The molecule has 0 saturated carbocycles. The van der Waals surface area contributed by atoms with E-state index in [1.807, 2.05) is 0 Å². The first-order chi connectivity index (χ1) is 9.61. The zero-order valence-corrected chi connectivity index (χ0v) is 14.9. The van der Waals surface area contributed by atoms with Gasteiger partial charge in [-0.1, -0.05) is 30.7 Å². The minimum absolute atomic E-state index is 0.127. The Labute approximate surface area is 141 Å². The molecule has 1 nitrogen and oxygen atoms in total. The largest absolute Gasteiger partial charge is 0.310 e. The molecule has 1 N–H and O–H groups in total. The Kier molecular flexibility index (Phi) is 6.26. The van der Waals surface area contributed by atoms with E-state index in [4.69, 9.17) is 11.6 Å². The van der Waals surface area contributed by atoms with Gasteiger partial charge >= 0.3 is 0 Å². The third kappa shape index (κ3) is 4.16. The van der Waals surface area contributed by atoms with Crippen molar-refractivity contribution in [2.24, 2.45) is 0 Å². The number of benzene rings is 1. The molecule has 0 aliphatic rings. The normalized spacial score (nSPS) is 12.6. The van der Waals surface area contributed by atoms with Crippen LogP contribution in [-0.2, 0) is 6.42 Å². The van der Waals surface area contributed by atoms with Gasteiger partial charge in [-0.25, -0.2) is 4.39 Å². The molecule has 2 rings (SSSR count). The molecule has 1 unspecified atom stereocenters. The van der Waals surface area contributed by atoms with Crippen LogP contribution in [-0.4, -0.2) is 6.54 Å². The summed E-state index contributed by atoms with van der Waals surface area (Å²) in [6, 6.07) is 7.47. The standard InChI is InChI=1S/C15H16ClFINS/c1-2-6-19-13(11-8-14(18)20-9-11)7-10-4-3-5-12(16)15(10)17/h3-5,8-9,13,19H,2,6-7H2,1H3. The second-order valence-corrected chi connectivity index (χ2v) is 7.82. The fraction of sp³-hybridized carbons (Fsp3) is 0.333. The average molecular weight is 424 g/mol. The summed E-state index contributed by atoms with van der Waals surface area (Å²) >= 11 is 9.88. The molecule has 0 spiro atoms. The van der Waals surface area contributed by atoms with Gasteiger partial charge in [0.1, 0.15) is 5.82 Å². The fourth-order valence-corrected chi connectivity index (χ4v) is 3.68. The van der Waals surface area contributed by atoms with Crippen LogP contribution in [0.3, 0.4) is 0 Å². The number of halogens is 3. The van der Waals surface area contributed by atoms with Crippen LogP contribution in [0.2, 0.25) is 5.02 Å². The molecule has 108 valence electrons. The van der Waals surface area contributed by atoms with Gasteiger partial charge in [0.25, 0.3) is 0 Å². The second kappa shape index (κ2) is 7.73. The molecule has 1 atom stereocenters. The molecule has 0 amide bonds. The van der Waals surface area contributed by atoms with E-state index in [-0.39, 0.29) is 16.9 Å². The minimum atomic E-state index is -0.303. The number of hydrogen-bond acceptors (Lipinski definition) is 2. The first kappa shape index (κ1) is 16.2. The highest BCUT2D eigenvalue weighted by atomic mass is 127. The van der Waals surface area contributed by atoms with Crippen LogP contribution in [0.15, 0.2) is 29.6 Å². The van der Waals surface area contributed by atoms with Gasteiger partial charge in [0.05, 0.1) is 7.91 Å². The van der Waals surface area contributed by atoms with Crippen molar-refractivity contribution in [1.29, 1.82) is 0 Å². The van der Waals surface area contributed by atoms with E-state index in [2.05, 4.69) is 46.3 Å². The predicted octanol–water partition coefficient (Wildman–Crippen LogP) is 5.43. The summed E-state index contributed by atoms with van der Waals surface area (Å²) in [7, 11) is 0. The van der Waals surface area contributed by atoms with Crippen LogP contribution in [0, 0.1) is 8.70 Å². The van der Waals surface area contributed by atoms with Crippen molar-refractivity contribution < 1.29 is 4.39 Å². The van der Waals surface area contributed by atoms with Gasteiger partial charge in [0.15, 0.2) is 0 Å². The van der Waals surface area contributed by atoms with Crippen LogP contribution in [0.1, 0.15) is 30.5 Å². The monoisotopic (exact) mass is 423 g/mol. The predicted molar refractivity (Wildman–Crippen MR) is 93.2 cm³/mol.